The van der Waals surface area contributed by atoms with E-state index in [1.165, 1.54) is 12.8 Å². The quantitative estimate of drug-likeness (QED) is 0.885. The van der Waals surface area contributed by atoms with E-state index >= 15 is 0 Å². The predicted molar refractivity (Wildman–Crippen MR) is 70.6 cm³/mol. The van der Waals surface area contributed by atoms with Gasteiger partial charge in [-0.3, -0.25) is 4.79 Å². The normalized spacial score (nSPS) is 24.9. The Hall–Kier alpha value is -1.36. The molecule has 104 valence electrons. The molecule has 0 unspecified atom stereocenters. The fourth-order valence-corrected chi connectivity index (χ4v) is 3.10. The van der Waals surface area contributed by atoms with Crippen molar-refractivity contribution in [1.82, 2.24) is 14.9 Å². The van der Waals surface area contributed by atoms with Crippen LogP contribution in [-0.2, 0) is 9.53 Å². The van der Waals surface area contributed by atoms with Crippen molar-refractivity contribution in [3.05, 3.63) is 17.7 Å². The minimum absolute atomic E-state index is 0.0458. The lowest BCUT2D eigenvalue weighted by Crippen LogP contribution is -2.46. The summed E-state index contributed by atoms with van der Waals surface area (Å²) in [5.41, 5.74) is 1.02. The zero-order valence-corrected chi connectivity index (χ0v) is 11.4. The van der Waals surface area contributed by atoms with Crippen LogP contribution in [0.5, 0.6) is 0 Å². The van der Waals surface area contributed by atoms with Crippen molar-refractivity contribution in [1.29, 1.82) is 0 Å². The molecule has 1 N–H and O–H groups in total. The van der Waals surface area contributed by atoms with Gasteiger partial charge in [-0.15, -0.1) is 0 Å². The molecule has 0 bridgehead atoms. The first-order valence-electron chi connectivity index (χ1n) is 7.15. The van der Waals surface area contributed by atoms with Gasteiger partial charge in [0, 0.05) is 24.4 Å². The Morgan fingerprint density at radius 1 is 1.47 bits per heavy atom. The van der Waals surface area contributed by atoms with Crippen LogP contribution in [-0.4, -0.2) is 40.5 Å². The summed E-state index contributed by atoms with van der Waals surface area (Å²) in [5.74, 6) is 1.36. The number of ether oxygens (including phenoxy) is 1. The molecule has 5 nitrogen and oxygen atoms in total. The van der Waals surface area contributed by atoms with Gasteiger partial charge in [-0.2, -0.15) is 0 Å². The SMILES string of the molecule is Cc1cnc([C@@H]2COCCN2C(=O)C2CCCC2)[nH]1. The predicted octanol–water partition coefficient (Wildman–Crippen LogP) is 1.81. The van der Waals surface area contributed by atoms with Gasteiger partial charge in [-0.05, 0) is 19.8 Å². The zero-order chi connectivity index (χ0) is 13.2. The Labute approximate surface area is 113 Å². The van der Waals surface area contributed by atoms with Crippen molar-refractivity contribution in [2.24, 2.45) is 5.92 Å². The third-order valence-electron chi connectivity index (χ3n) is 4.15. The molecule has 0 aromatic carbocycles. The Balaban J connectivity index is 1.78. The zero-order valence-electron chi connectivity index (χ0n) is 11.4. The number of imidazole rings is 1. The van der Waals surface area contributed by atoms with E-state index in [1.54, 1.807) is 0 Å². The van der Waals surface area contributed by atoms with Crippen LogP contribution in [0.1, 0.15) is 43.2 Å². The summed E-state index contributed by atoms with van der Waals surface area (Å²) in [7, 11) is 0. The molecule has 1 atom stereocenters. The maximum atomic E-state index is 12.6. The second-order valence-electron chi connectivity index (χ2n) is 5.56. The minimum Gasteiger partial charge on any atom is -0.377 e. The first kappa shape index (κ1) is 12.7. The largest absolute Gasteiger partial charge is 0.377 e. The lowest BCUT2D eigenvalue weighted by atomic mass is 10.0. The summed E-state index contributed by atoms with van der Waals surface area (Å²) in [5, 5.41) is 0. The van der Waals surface area contributed by atoms with E-state index in [-0.39, 0.29) is 12.0 Å². The van der Waals surface area contributed by atoms with Gasteiger partial charge in [0.05, 0.1) is 13.2 Å². The van der Waals surface area contributed by atoms with Gasteiger partial charge in [0.15, 0.2) is 0 Å². The van der Waals surface area contributed by atoms with Crippen molar-refractivity contribution in [2.75, 3.05) is 19.8 Å². The number of aromatic nitrogens is 2. The van der Waals surface area contributed by atoms with E-state index in [2.05, 4.69) is 9.97 Å². The van der Waals surface area contributed by atoms with Crippen LogP contribution < -0.4 is 0 Å². The highest BCUT2D eigenvalue weighted by Crippen LogP contribution is 2.30. The van der Waals surface area contributed by atoms with Crippen LogP contribution in [0.3, 0.4) is 0 Å². The average Bonchev–Trinajstić information content (AvgIpc) is 3.09. The number of morpholine rings is 1. The average molecular weight is 263 g/mol. The summed E-state index contributed by atoms with van der Waals surface area (Å²) in [6.45, 7) is 3.84. The second-order valence-corrected chi connectivity index (χ2v) is 5.56. The fourth-order valence-electron chi connectivity index (χ4n) is 3.10. The molecule has 1 saturated carbocycles. The minimum atomic E-state index is -0.0458. The molecule has 2 aliphatic rings. The van der Waals surface area contributed by atoms with Crippen molar-refractivity contribution in [3.8, 4) is 0 Å². The molecule has 1 saturated heterocycles. The van der Waals surface area contributed by atoms with Gasteiger partial charge in [0.1, 0.15) is 11.9 Å². The molecule has 1 aromatic rings. The smallest absolute Gasteiger partial charge is 0.226 e. The molecule has 1 amide bonds. The molecule has 2 heterocycles. The van der Waals surface area contributed by atoms with Gasteiger partial charge in [-0.1, -0.05) is 12.8 Å². The Kier molecular flexibility index (Phi) is 3.55. The first-order chi connectivity index (χ1) is 9.25. The highest BCUT2D eigenvalue weighted by atomic mass is 16.5. The number of rotatable bonds is 2. The molecule has 3 rings (SSSR count). The van der Waals surface area contributed by atoms with Crippen molar-refractivity contribution in [2.45, 2.75) is 38.6 Å². The van der Waals surface area contributed by atoms with Gasteiger partial charge in [0.25, 0.3) is 0 Å². The third kappa shape index (κ3) is 2.52. The van der Waals surface area contributed by atoms with Gasteiger partial charge in [-0.25, -0.2) is 4.98 Å². The molecule has 2 fully saturated rings. The molecular formula is C14H21N3O2. The summed E-state index contributed by atoms with van der Waals surface area (Å²) in [6.07, 6.45) is 6.26. The number of hydrogen-bond acceptors (Lipinski definition) is 3. The Bertz CT molecular complexity index is 451. The van der Waals surface area contributed by atoms with E-state index in [4.69, 9.17) is 4.74 Å². The van der Waals surface area contributed by atoms with E-state index in [1.807, 2.05) is 18.0 Å². The molecule has 0 radical (unpaired) electrons. The highest BCUT2D eigenvalue weighted by Gasteiger charge is 2.35. The summed E-state index contributed by atoms with van der Waals surface area (Å²) >= 11 is 0. The number of carbonyl (C=O) groups is 1. The first-order valence-corrected chi connectivity index (χ1v) is 7.15. The number of hydrogen-bond donors (Lipinski definition) is 1. The third-order valence-corrected chi connectivity index (χ3v) is 4.15. The van der Waals surface area contributed by atoms with Crippen LogP contribution in [0.4, 0.5) is 0 Å². The fraction of sp³-hybridized carbons (Fsp3) is 0.714. The molecule has 0 spiro atoms. The van der Waals surface area contributed by atoms with E-state index in [9.17, 15) is 4.79 Å². The number of nitrogens with zero attached hydrogens (tertiary/aromatic N) is 2. The van der Waals surface area contributed by atoms with Crippen LogP contribution in [0.25, 0.3) is 0 Å². The molecule has 1 aliphatic heterocycles. The summed E-state index contributed by atoms with van der Waals surface area (Å²) in [6, 6.07) is -0.0458. The number of amides is 1. The monoisotopic (exact) mass is 263 g/mol. The highest BCUT2D eigenvalue weighted by molar-refractivity contribution is 5.79. The van der Waals surface area contributed by atoms with Crippen molar-refractivity contribution >= 4 is 5.91 Å². The molecule has 1 aromatic heterocycles. The van der Waals surface area contributed by atoms with Crippen molar-refractivity contribution < 1.29 is 9.53 Å². The van der Waals surface area contributed by atoms with Crippen molar-refractivity contribution in [3.63, 3.8) is 0 Å². The number of H-pyrrole nitrogens is 1. The maximum absolute atomic E-state index is 12.6. The molecular weight excluding hydrogens is 242 g/mol. The number of aryl methyl sites for hydroxylation is 1. The van der Waals surface area contributed by atoms with Crippen LogP contribution in [0, 0.1) is 12.8 Å². The second kappa shape index (κ2) is 5.33. The lowest BCUT2D eigenvalue weighted by molar-refractivity contribution is -0.144. The summed E-state index contributed by atoms with van der Waals surface area (Å²) in [4.78, 5) is 22.2. The maximum Gasteiger partial charge on any atom is 0.226 e. The summed E-state index contributed by atoms with van der Waals surface area (Å²) < 4.78 is 5.53. The standard InChI is InChI=1S/C14H21N3O2/c1-10-8-15-13(16-10)12-9-19-7-6-17(12)14(18)11-4-2-3-5-11/h8,11-12H,2-7,9H2,1H3,(H,15,16)/t12-/m0/s1. The number of carbonyl (C=O) groups excluding carboxylic acids is 1. The molecule has 5 heteroatoms. The van der Waals surface area contributed by atoms with E-state index in [0.29, 0.717) is 25.7 Å². The van der Waals surface area contributed by atoms with Crippen LogP contribution in [0.15, 0.2) is 6.20 Å². The number of aromatic amines is 1. The molecule has 19 heavy (non-hydrogen) atoms. The Morgan fingerprint density at radius 3 is 2.95 bits per heavy atom. The van der Waals surface area contributed by atoms with Gasteiger partial charge < -0.3 is 14.6 Å². The Morgan fingerprint density at radius 2 is 2.26 bits per heavy atom. The lowest BCUT2D eigenvalue weighted by Gasteiger charge is -2.36. The molecule has 1 aliphatic carbocycles. The van der Waals surface area contributed by atoms with Gasteiger partial charge >= 0.3 is 0 Å². The van der Waals surface area contributed by atoms with Crippen LogP contribution >= 0.6 is 0 Å². The van der Waals surface area contributed by atoms with Crippen LogP contribution in [0.2, 0.25) is 0 Å². The van der Waals surface area contributed by atoms with Gasteiger partial charge in [0.2, 0.25) is 5.91 Å². The topological polar surface area (TPSA) is 58.2 Å². The van der Waals surface area contributed by atoms with E-state index in [0.717, 1.165) is 24.4 Å². The number of nitrogens with one attached hydrogen (secondary N) is 1. The van der Waals surface area contributed by atoms with E-state index < -0.39 is 0 Å².